The lowest BCUT2D eigenvalue weighted by molar-refractivity contribution is 0.0954. The van der Waals surface area contributed by atoms with Crippen LogP contribution in [0.5, 0.6) is 0 Å². The fraction of sp³-hybridized carbons (Fsp3) is 0.300. The van der Waals surface area contributed by atoms with Crippen molar-refractivity contribution in [1.82, 2.24) is 10.3 Å². The lowest BCUT2D eigenvalue weighted by Gasteiger charge is -2.10. The smallest absolute Gasteiger partial charge is 0.252 e. The van der Waals surface area contributed by atoms with E-state index in [0.717, 1.165) is 41.5 Å². The summed E-state index contributed by atoms with van der Waals surface area (Å²) in [4.78, 5) is 17.4. The van der Waals surface area contributed by atoms with E-state index in [0.29, 0.717) is 5.56 Å². The molecule has 0 aliphatic heterocycles. The van der Waals surface area contributed by atoms with Crippen LogP contribution in [0.15, 0.2) is 47.2 Å². The molecule has 1 amide bonds. The molecule has 4 heteroatoms. The lowest BCUT2D eigenvalue weighted by Crippen LogP contribution is -2.24. The Bertz CT molecular complexity index is 812. The van der Waals surface area contributed by atoms with Crippen molar-refractivity contribution in [3.8, 4) is 11.3 Å². The van der Waals surface area contributed by atoms with Gasteiger partial charge in [-0.15, -0.1) is 0 Å². The van der Waals surface area contributed by atoms with Crippen molar-refractivity contribution < 1.29 is 4.79 Å². The van der Waals surface area contributed by atoms with E-state index in [4.69, 9.17) is 4.98 Å². The van der Waals surface area contributed by atoms with Gasteiger partial charge in [-0.25, -0.2) is 4.98 Å². The predicted octanol–water partition coefficient (Wildman–Crippen LogP) is 5.27. The van der Waals surface area contributed by atoms with Gasteiger partial charge in [0, 0.05) is 22.9 Å². The van der Waals surface area contributed by atoms with E-state index in [1.165, 1.54) is 12.8 Å². The fourth-order valence-corrected chi connectivity index (χ4v) is 3.42. The molecule has 1 aromatic carbocycles. The van der Waals surface area contributed by atoms with Gasteiger partial charge in [-0.05, 0) is 30.0 Å². The normalized spacial score (nSPS) is 10.9. The molecule has 0 aliphatic carbocycles. The molecule has 0 spiro atoms. The van der Waals surface area contributed by atoms with Crippen molar-refractivity contribution in [3.63, 3.8) is 0 Å². The first-order chi connectivity index (χ1) is 11.8. The van der Waals surface area contributed by atoms with E-state index in [-0.39, 0.29) is 5.91 Å². The number of rotatable bonds is 7. The van der Waals surface area contributed by atoms with Gasteiger partial charge in [0.15, 0.2) is 0 Å². The zero-order valence-corrected chi connectivity index (χ0v) is 14.7. The van der Waals surface area contributed by atoms with Crippen LogP contribution in [0.2, 0.25) is 0 Å². The second-order valence-corrected chi connectivity index (χ2v) is 6.68. The van der Waals surface area contributed by atoms with Crippen LogP contribution in [0.3, 0.4) is 0 Å². The van der Waals surface area contributed by atoms with Crippen LogP contribution in [-0.4, -0.2) is 17.4 Å². The first-order valence-electron chi connectivity index (χ1n) is 8.50. The van der Waals surface area contributed by atoms with Gasteiger partial charge in [0.25, 0.3) is 5.91 Å². The number of nitrogens with zero attached hydrogens (tertiary/aromatic N) is 1. The Morgan fingerprint density at radius 1 is 1.17 bits per heavy atom. The summed E-state index contributed by atoms with van der Waals surface area (Å²) in [6, 6.07) is 11.8. The van der Waals surface area contributed by atoms with Crippen LogP contribution >= 0.6 is 11.3 Å². The first kappa shape index (κ1) is 16.7. The molecule has 2 heterocycles. The number of para-hydroxylation sites is 1. The number of nitrogens with one attached hydrogen (secondary N) is 1. The number of benzene rings is 1. The molecule has 0 saturated heterocycles. The highest BCUT2D eigenvalue weighted by atomic mass is 32.1. The number of unbranched alkanes of at least 4 members (excludes halogenated alkanes) is 3. The zero-order valence-electron chi connectivity index (χ0n) is 13.9. The number of hydrogen-bond acceptors (Lipinski definition) is 3. The Hall–Kier alpha value is -2.20. The molecule has 0 atom stereocenters. The molecule has 1 N–H and O–H groups in total. The fourth-order valence-electron chi connectivity index (χ4n) is 2.77. The summed E-state index contributed by atoms with van der Waals surface area (Å²) < 4.78 is 0. The van der Waals surface area contributed by atoms with Crippen molar-refractivity contribution in [1.29, 1.82) is 0 Å². The van der Waals surface area contributed by atoms with Gasteiger partial charge in [-0.1, -0.05) is 44.4 Å². The maximum absolute atomic E-state index is 12.7. The van der Waals surface area contributed by atoms with Crippen molar-refractivity contribution in [2.24, 2.45) is 0 Å². The van der Waals surface area contributed by atoms with Crippen LogP contribution in [0.4, 0.5) is 0 Å². The van der Waals surface area contributed by atoms with E-state index in [2.05, 4.69) is 17.6 Å². The number of carbonyl (C=O) groups excluding carboxylic acids is 1. The monoisotopic (exact) mass is 338 g/mol. The van der Waals surface area contributed by atoms with Gasteiger partial charge in [-0.2, -0.15) is 11.3 Å². The molecule has 124 valence electrons. The number of pyridine rings is 1. The van der Waals surface area contributed by atoms with Crippen molar-refractivity contribution in [2.75, 3.05) is 6.54 Å². The van der Waals surface area contributed by atoms with Gasteiger partial charge in [-0.3, -0.25) is 4.79 Å². The van der Waals surface area contributed by atoms with E-state index in [9.17, 15) is 4.79 Å². The molecule has 0 aliphatic rings. The number of carbonyl (C=O) groups is 1. The molecule has 3 rings (SSSR count). The van der Waals surface area contributed by atoms with Crippen molar-refractivity contribution >= 4 is 28.1 Å². The highest BCUT2D eigenvalue weighted by Gasteiger charge is 2.13. The van der Waals surface area contributed by atoms with E-state index < -0.39 is 0 Å². The maximum atomic E-state index is 12.7. The average molecular weight is 338 g/mol. The Labute approximate surface area is 146 Å². The molecule has 0 radical (unpaired) electrons. The van der Waals surface area contributed by atoms with Gasteiger partial charge >= 0.3 is 0 Å². The summed E-state index contributed by atoms with van der Waals surface area (Å²) in [6.07, 6.45) is 4.61. The standard InChI is InChI=1S/C20H22N2OS/c1-2-3-4-7-11-21-20(23)17-13-19(15-10-12-24-14-15)22-18-9-6-5-8-16(17)18/h5-6,8-10,12-14H,2-4,7,11H2,1H3,(H,21,23). The van der Waals surface area contributed by atoms with Crippen molar-refractivity contribution in [3.05, 3.63) is 52.7 Å². The van der Waals surface area contributed by atoms with Crippen LogP contribution in [0.1, 0.15) is 43.0 Å². The van der Waals surface area contributed by atoms with Crippen LogP contribution in [0, 0.1) is 0 Å². The lowest BCUT2D eigenvalue weighted by atomic mass is 10.0. The molecule has 3 aromatic rings. The molecule has 24 heavy (non-hydrogen) atoms. The number of amides is 1. The predicted molar refractivity (Wildman–Crippen MR) is 102 cm³/mol. The molecule has 3 nitrogen and oxygen atoms in total. The van der Waals surface area contributed by atoms with E-state index in [1.54, 1.807) is 11.3 Å². The second-order valence-electron chi connectivity index (χ2n) is 5.90. The summed E-state index contributed by atoms with van der Waals surface area (Å²) in [5, 5.41) is 8.05. The minimum absolute atomic E-state index is 0.0124. The third kappa shape index (κ3) is 3.82. The number of fused-ring (bicyclic) bond motifs is 1. The third-order valence-electron chi connectivity index (χ3n) is 4.09. The summed E-state index contributed by atoms with van der Waals surface area (Å²) in [6.45, 7) is 2.91. The minimum Gasteiger partial charge on any atom is -0.352 e. The molecule has 0 unspecified atom stereocenters. The summed E-state index contributed by atoms with van der Waals surface area (Å²) >= 11 is 1.63. The number of aromatic nitrogens is 1. The quantitative estimate of drug-likeness (QED) is 0.596. The maximum Gasteiger partial charge on any atom is 0.252 e. The summed E-state index contributed by atoms with van der Waals surface area (Å²) in [7, 11) is 0. The Morgan fingerprint density at radius 3 is 2.83 bits per heavy atom. The molecule has 0 fully saturated rings. The number of hydrogen-bond donors (Lipinski definition) is 1. The zero-order chi connectivity index (χ0) is 16.8. The molecule has 0 saturated carbocycles. The topological polar surface area (TPSA) is 42.0 Å². The van der Waals surface area contributed by atoms with Crippen LogP contribution < -0.4 is 5.32 Å². The molecular weight excluding hydrogens is 316 g/mol. The Kier molecular flexibility index (Phi) is 5.59. The van der Waals surface area contributed by atoms with Gasteiger partial charge in [0.2, 0.25) is 0 Å². The van der Waals surface area contributed by atoms with Gasteiger partial charge in [0.1, 0.15) is 0 Å². The van der Waals surface area contributed by atoms with E-state index in [1.807, 2.05) is 41.8 Å². The van der Waals surface area contributed by atoms with Gasteiger partial charge in [0.05, 0.1) is 16.8 Å². The molecule has 0 bridgehead atoms. The third-order valence-corrected chi connectivity index (χ3v) is 4.78. The van der Waals surface area contributed by atoms with Crippen LogP contribution in [0.25, 0.3) is 22.2 Å². The summed E-state index contributed by atoms with van der Waals surface area (Å²) in [5.74, 6) is -0.0124. The molecule has 2 aromatic heterocycles. The number of thiophene rings is 1. The Morgan fingerprint density at radius 2 is 2.04 bits per heavy atom. The minimum atomic E-state index is -0.0124. The Balaban J connectivity index is 1.86. The van der Waals surface area contributed by atoms with E-state index >= 15 is 0 Å². The van der Waals surface area contributed by atoms with Crippen molar-refractivity contribution in [2.45, 2.75) is 32.6 Å². The van der Waals surface area contributed by atoms with Gasteiger partial charge < -0.3 is 5.32 Å². The largest absolute Gasteiger partial charge is 0.352 e. The summed E-state index contributed by atoms with van der Waals surface area (Å²) in [5.41, 5.74) is 3.48. The highest BCUT2D eigenvalue weighted by Crippen LogP contribution is 2.26. The first-order valence-corrected chi connectivity index (χ1v) is 9.44. The highest BCUT2D eigenvalue weighted by molar-refractivity contribution is 7.08. The second kappa shape index (κ2) is 8.06. The molecular formula is C20H22N2OS. The average Bonchev–Trinajstić information content (AvgIpc) is 3.15. The van der Waals surface area contributed by atoms with Crippen LogP contribution in [-0.2, 0) is 0 Å². The SMILES string of the molecule is CCCCCCNC(=O)c1cc(-c2ccsc2)nc2ccccc12.